The number of aryl methyl sites for hydroxylation is 3. The first kappa shape index (κ1) is 24.5. The van der Waals surface area contributed by atoms with Gasteiger partial charge in [0.1, 0.15) is 11.6 Å². The summed E-state index contributed by atoms with van der Waals surface area (Å²) in [4.78, 5) is 36.6. The average Bonchev–Trinajstić information content (AvgIpc) is 2.75. The predicted molar refractivity (Wildman–Crippen MR) is 127 cm³/mol. The molecule has 9 heteroatoms. The monoisotopic (exact) mass is 467 g/mol. The lowest BCUT2D eigenvalue weighted by atomic mass is 9.92. The number of pyridine rings is 1. The number of hydrogen-bond acceptors (Lipinski definition) is 4. The van der Waals surface area contributed by atoms with Gasteiger partial charge in [-0.05, 0) is 55.2 Å². The van der Waals surface area contributed by atoms with Crippen LogP contribution in [0.3, 0.4) is 0 Å². The Balaban J connectivity index is 1.97. The quantitative estimate of drug-likeness (QED) is 0.434. The third-order valence-corrected chi connectivity index (χ3v) is 5.71. The summed E-state index contributed by atoms with van der Waals surface area (Å²) in [6, 6.07) is 9.19. The molecule has 3 aromatic rings. The number of carbonyl (C=O) groups excluding carboxylic acids is 1. The highest BCUT2D eigenvalue weighted by Gasteiger charge is 2.24. The highest BCUT2D eigenvalue weighted by Crippen LogP contribution is 2.31. The van der Waals surface area contributed by atoms with E-state index in [4.69, 9.17) is 0 Å². The predicted octanol–water partition coefficient (Wildman–Crippen LogP) is 4.16. The van der Waals surface area contributed by atoms with Crippen molar-refractivity contribution in [3.05, 3.63) is 81.0 Å². The summed E-state index contributed by atoms with van der Waals surface area (Å²) >= 11 is 0. The first-order chi connectivity index (χ1) is 16.0. The number of aliphatic carboxylic acids is 1. The van der Waals surface area contributed by atoms with Crippen LogP contribution in [0.2, 0.25) is 0 Å². The number of urea groups is 1. The molecule has 0 aliphatic carbocycles. The van der Waals surface area contributed by atoms with Gasteiger partial charge in [0, 0.05) is 24.4 Å². The van der Waals surface area contributed by atoms with Gasteiger partial charge < -0.3 is 25.4 Å². The van der Waals surface area contributed by atoms with E-state index in [0.29, 0.717) is 11.3 Å². The molecule has 3 rings (SSSR count). The number of anilines is 1. The van der Waals surface area contributed by atoms with Gasteiger partial charge in [-0.1, -0.05) is 24.3 Å². The molecule has 0 radical (unpaired) electrons. The van der Waals surface area contributed by atoms with Crippen molar-refractivity contribution in [2.24, 2.45) is 7.05 Å². The van der Waals surface area contributed by atoms with Crippen LogP contribution in [0.5, 0.6) is 5.75 Å². The molecule has 0 bridgehead atoms. The largest absolute Gasteiger partial charge is 0.505 e. The van der Waals surface area contributed by atoms with Crippen molar-refractivity contribution in [3.8, 4) is 16.9 Å². The molecule has 0 spiro atoms. The molecular weight excluding hydrogens is 441 g/mol. The van der Waals surface area contributed by atoms with Gasteiger partial charge in [0.15, 0.2) is 5.69 Å². The van der Waals surface area contributed by atoms with E-state index >= 15 is 0 Å². The molecule has 0 saturated heterocycles. The molecule has 2 amide bonds. The van der Waals surface area contributed by atoms with Crippen LogP contribution in [0.25, 0.3) is 11.1 Å². The number of carboxylic acids is 1. The number of carbonyl (C=O) groups is 2. The number of aromatic nitrogens is 1. The first-order valence-electron chi connectivity index (χ1n) is 10.5. The Morgan fingerprint density at radius 1 is 1.09 bits per heavy atom. The minimum atomic E-state index is -1.25. The van der Waals surface area contributed by atoms with Crippen molar-refractivity contribution in [2.75, 3.05) is 5.32 Å². The van der Waals surface area contributed by atoms with Crippen LogP contribution in [0, 0.1) is 26.6 Å². The summed E-state index contributed by atoms with van der Waals surface area (Å²) < 4.78 is 16.1. The van der Waals surface area contributed by atoms with Crippen LogP contribution in [0.1, 0.15) is 34.8 Å². The Kier molecular flexibility index (Phi) is 7.05. The zero-order chi connectivity index (χ0) is 25.2. The maximum absolute atomic E-state index is 14.8. The lowest BCUT2D eigenvalue weighted by molar-refractivity contribution is -0.137. The zero-order valence-corrected chi connectivity index (χ0v) is 19.3. The van der Waals surface area contributed by atoms with Crippen molar-refractivity contribution in [1.29, 1.82) is 0 Å². The molecule has 178 valence electrons. The van der Waals surface area contributed by atoms with Gasteiger partial charge in [0.05, 0.1) is 12.5 Å². The van der Waals surface area contributed by atoms with E-state index in [1.807, 2.05) is 32.0 Å². The van der Waals surface area contributed by atoms with E-state index in [9.17, 15) is 29.0 Å². The van der Waals surface area contributed by atoms with Gasteiger partial charge in [0.25, 0.3) is 5.56 Å². The number of nitrogens with one attached hydrogen (secondary N) is 2. The maximum Gasteiger partial charge on any atom is 0.319 e. The summed E-state index contributed by atoms with van der Waals surface area (Å²) in [5.41, 5.74) is 2.92. The summed E-state index contributed by atoms with van der Waals surface area (Å²) in [6.45, 7) is 5.44. The van der Waals surface area contributed by atoms with Gasteiger partial charge in [0.2, 0.25) is 0 Å². The molecule has 4 N–H and O–H groups in total. The summed E-state index contributed by atoms with van der Waals surface area (Å²) in [6.07, 6.45) is -0.599. The van der Waals surface area contributed by atoms with Gasteiger partial charge in [-0.2, -0.15) is 0 Å². The van der Waals surface area contributed by atoms with Gasteiger partial charge >= 0.3 is 12.0 Å². The Morgan fingerprint density at radius 3 is 2.35 bits per heavy atom. The maximum atomic E-state index is 14.8. The Labute approximate surface area is 195 Å². The zero-order valence-electron chi connectivity index (χ0n) is 19.3. The second-order valence-electron chi connectivity index (χ2n) is 8.16. The molecular formula is C25H26FN3O5. The van der Waals surface area contributed by atoms with Gasteiger partial charge in [-0.25, -0.2) is 9.18 Å². The van der Waals surface area contributed by atoms with Crippen LogP contribution in [-0.2, 0) is 11.8 Å². The molecule has 0 aliphatic heterocycles. The van der Waals surface area contributed by atoms with E-state index in [0.717, 1.165) is 16.7 Å². The van der Waals surface area contributed by atoms with E-state index in [1.165, 1.54) is 29.8 Å². The summed E-state index contributed by atoms with van der Waals surface area (Å²) in [7, 11) is 1.47. The van der Waals surface area contributed by atoms with Crippen molar-refractivity contribution >= 4 is 17.7 Å². The summed E-state index contributed by atoms with van der Waals surface area (Å²) in [5.74, 6) is -2.37. The number of halogens is 1. The number of nitrogens with zero attached hydrogens (tertiary/aromatic N) is 1. The van der Waals surface area contributed by atoms with Crippen LogP contribution < -0.4 is 16.2 Å². The first-order valence-corrected chi connectivity index (χ1v) is 10.5. The normalized spacial score (nSPS) is 11.7. The van der Waals surface area contributed by atoms with Crippen molar-refractivity contribution < 1.29 is 24.2 Å². The Hall–Kier alpha value is -4.14. The van der Waals surface area contributed by atoms with Crippen LogP contribution >= 0.6 is 0 Å². The molecule has 8 nitrogen and oxygen atoms in total. The minimum Gasteiger partial charge on any atom is -0.505 e. The molecule has 2 aromatic carbocycles. The minimum absolute atomic E-state index is 0.0151. The Bertz CT molecular complexity index is 1310. The van der Waals surface area contributed by atoms with Crippen LogP contribution in [0.4, 0.5) is 14.9 Å². The standard InChI is InChI=1S/C25H26FN3O5/c1-13-6-5-7-14(2)22(13)16-8-9-18(26)17(11-16)19(12-21(31)32)27-25(34)28-23-20(30)10-15(3)29(4)24(23)33/h5-11,19,30H,12H2,1-4H3,(H,31,32)(H2,27,28,34). The molecule has 0 saturated carbocycles. The Morgan fingerprint density at radius 2 is 1.74 bits per heavy atom. The SMILES string of the molecule is Cc1cccc(C)c1-c1ccc(F)c(C(CC(=O)O)NC(=O)Nc2c(O)cc(C)n(C)c2=O)c1. The second-order valence-corrected chi connectivity index (χ2v) is 8.16. The molecule has 0 aliphatic rings. The topological polar surface area (TPSA) is 121 Å². The molecule has 1 atom stereocenters. The van der Waals surface area contributed by atoms with Crippen LogP contribution in [-0.4, -0.2) is 26.8 Å². The second kappa shape index (κ2) is 9.78. The van der Waals surface area contributed by atoms with E-state index in [-0.39, 0.29) is 11.3 Å². The molecule has 1 heterocycles. The number of hydrogen-bond donors (Lipinski definition) is 4. The lowest BCUT2D eigenvalue weighted by Crippen LogP contribution is -2.36. The molecule has 1 unspecified atom stereocenters. The van der Waals surface area contributed by atoms with Crippen molar-refractivity contribution in [3.63, 3.8) is 0 Å². The van der Waals surface area contributed by atoms with Crippen LogP contribution in [0.15, 0.2) is 47.3 Å². The molecule has 34 heavy (non-hydrogen) atoms. The molecule has 0 fully saturated rings. The fourth-order valence-corrected chi connectivity index (χ4v) is 3.88. The summed E-state index contributed by atoms with van der Waals surface area (Å²) in [5, 5.41) is 24.1. The number of benzene rings is 2. The smallest absolute Gasteiger partial charge is 0.319 e. The highest BCUT2D eigenvalue weighted by molar-refractivity contribution is 5.91. The number of rotatable bonds is 6. The lowest BCUT2D eigenvalue weighted by Gasteiger charge is -2.20. The van der Waals surface area contributed by atoms with E-state index in [1.54, 1.807) is 13.0 Å². The third-order valence-electron chi connectivity index (χ3n) is 5.71. The number of amides is 2. The number of carboxylic acid groups (broad SMARTS) is 1. The molecule has 1 aromatic heterocycles. The van der Waals surface area contributed by atoms with E-state index in [2.05, 4.69) is 10.6 Å². The van der Waals surface area contributed by atoms with Crippen molar-refractivity contribution in [2.45, 2.75) is 33.2 Å². The highest BCUT2D eigenvalue weighted by atomic mass is 19.1. The van der Waals surface area contributed by atoms with Gasteiger partial charge in [-0.3, -0.25) is 9.59 Å². The fourth-order valence-electron chi connectivity index (χ4n) is 3.88. The average molecular weight is 467 g/mol. The number of aromatic hydroxyl groups is 1. The van der Waals surface area contributed by atoms with Crippen molar-refractivity contribution in [1.82, 2.24) is 9.88 Å². The van der Waals surface area contributed by atoms with Gasteiger partial charge in [-0.15, -0.1) is 0 Å². The fraction of sp³-hybridized carbons (Fsp3) is 0.240. The third kappa shape index (κ3) is 5.09. The van der Waals surface area contributed by atoms with E-state index < -0.39 is 41.6 Å².